The van der Waals surface area contributed by atoms with Gasteiger partial charge in [0.15, 0.2) is 0 Å². The van der Waals surface area contributed by atoms with Crippen LogP contribution in [0, 0.1) is 0 Å². The molecule has 0 radical (unpaired) electrons. The van der Waals surface area contributed by atoms with Gasteiger partial charge in [0.05, 0.1) is 5.69 Å². The van der Waals surface area contributed by atoms with Crippen LogP contribution in [0.1, 0.15) is 0 Å². The first-order valence-electron chi connectivity index (χ1n) is 10.0. The summed E-state index contributed by atoms with van der Waals surface area (Å²) in [6.45, 7) is 0. The summed E-state index contributed by atoms with van der Waals surface area (Å²) in [7, 11) is 0. The highest BCUT2D eigenvalue weighted by Gasteiger charge is 2.35. The normalized spacial score (nSPS) is 13.7. The van der Waals surface area contributed by atoms with Crippen molar-refractivity contribution >= 4 is 44.5 Å². The van der Waals surface area contributed by atoms with Gasteiger partial charge in [-0.3, -0.25) is 4.98 Å². The third kappa shape index (κ3) is 2.48. The number of nitrogens with zero attached hydrogens (tertiary/aromatic N) is 1. The molecular weight excluding hydrogens is 401 g/mol. The second kappa shape index (κ2) is 6.74. The lowest BCUT2D eigenvalue weighted by atomic mass is 10.0. The van der Waals surface area contributed by atoms with Crippen LogP contribution >= 0.6 is 6.04 Å². The molecule has 0 atom stereocenters. The highest BCUT2D eigenvalue weighted by atomic mass is 32.4. The minimum absolute atomic E-state index is 1.02. The molecule has 0 saturated heterocycles. The molecule has 0 fully saturated rings. The van der Waals surface area contributed by atoms with Crippen LogP contribution < -0.4 is 15.9 Å². The molecule has 0 aliphatic carbocycles. The third-order valence-electron chi connectivity index (χ3n) is 5.95. The number of aromatic nitrogens is 1. The van der Waals surface area contributed by atoms with Gasteiger partial charge in [0.1, 0.15) is 0 Å². The lowest BCUT2D eigenvalue weighted by Gasteiger charge is -2.20. The molecule has 5 aromatic rings. The van der Waals surface area contributed by atoms with Gasteiger partial charge in [-0.2, -0.15) is 0 Å². The Morgan fingerprint density at radius 2 is 1.20 bits per heavy atom. The van der Waals surface area contributed by atoms with E-state index in [4.69, 9.17) is 11.8 Å². The SMILES string of the molecule is S=P1(c2ccc(-c3nccc4ccccc34)cc2)c2ccccc2-c2ccccc21. The Morgan fingerprint density at radius 1 is 0.600 bits per heavy atom. The van der Waals surface area contributed by atoms with Crippen LogP contribution in [-0.2, 0) is 11.8 Å². The van der Waals surface area contributed by atoms with Crippen molar-refractivity contribution in [2.75, 3.05) is 0 Å². The molecule has 4 aromatic carbocycles. The van der Waals surface area contributed by atoms with Crippen LogP contribution in [0.4, 0.5) is 0 Å². The number of pyridine rings is 1. The Morgan fingerprint density at radius 3 is 1.90 bits per heavy atom. The maximum atomic E-state index is 6.48. The number of hydrogen-bond acceptors (Lipinski definition) is 2. The summed E-state index contributed by atoms with van der Waals surface area (Å²) in [6.07, 6.45) is 1.89. The average molecular weight is 419 g/mol. The predicted octanol–water partition coefficient (Wildman–Crippen LogP) is 5.64. The number of hydrogen-bond donors (Lipinski definition) is 0. The minimum atomic E-state index is -2.05. The van der Waals surface area contributed by atoms with Crippen molar-refractivity contribution in [2.45, 2.75) is 0 Å². The summed E-state index contributed by atoms with van der Waals surface area (Å²) < 4.78 is 0. The summed E-state index contributed by atoms with van der Waals surface area (Å²) in [6, 6.07) is 34.5. The van der Waals surface area contributed by atoms with Crippen LogP contribution in [-0.4, -0.2) is 4.98 Å². The molecule has 0 bridgehead atoms. The van der Waals surface area contributed by atoms with Gasteiger partial charge in [0.2, 0.25) is 0 Å². The van der Waals surface area contributed by atoms with E-state index in [1.165, 1.54) is 37.8 Å². The quantitative estimate of drug-likeness (QED) is 0.337. The van der Waals surface area contributed by atoms with Gasteiger partial charge in [-0.25, -0.2) is 0 Å². The van der Waals surface area contributed by atoms with Crippen molar-refractivity contribution in [3.63, 3.8) is 0 Å². The Hall–Kier alpha value is -3.06. The van der Waals surface area contributed by atoms with E-state index < -0.39 is 6.04 Å². The van der Waals surface area contributed by atoms with E-state index in [1.54, 1.807) is 0 Å². The molecular formula is C27H18NPS. The van der Waals surface area contributed by atoms with Gasteiger partial charge in [0, 0.05) is 33.8 Å². The zero-order valence-electron chi connectivity index (χ0n) is 16.2. The van der Waals surface area contributed by atoms with E-state index >= 15 is 0 Å². The second-order valence-electron chi connectivity index (χ2n) is 7.57. The van der Waals surface area contributed by atoms with Gasteiger partial charge >= 0.3 is 0 Å². The molecule has 6 rings (SSSR count). The van der Waals surface area contributed by atoms with Crippen molar-refractivity contribution in [1.82, 2.24) is 4.98 Å². The maximum Gasteiger partial charge on any atom is 0.0780 e. The summed E-state index contributed by atoms with van der Waals surface area (Å²) >= 11 is 6.48. The third-order valence-corrected chi connectivity index (χ3v) is 10.9. The Balaban J connectivity index is 1.52. The van der Waals surface area contributed by atoms with Crippen LogP contribution in [0.25, 0.3) is 33.2 Å². The largest absolute Gasteiger partial charge is 0.256 e. The molecule has 30 heavy (non-hydrogen) atoms. The molecule has 2 heterocycles. The number of fused-ring (bicyclic) bond motifs is 4. The molecule has 142 valence electrons. The lowest BCUT2D eigenvalue weighted by Crippen LogP contribution is -2.20. The molecule has 0 amide bonds. The average Bonchev–Trinajstić information content (AvgIpc) is 3.09. The summed E-state index contributed by atoms with van der Waals surface area (Å²) in [5.74, 6) is 0. The molecule has 1 aliphatic rings. The number of rotatable bonds is 2. The first-order valence-corrected chi connectivity index (χ1v) is 12.8. The van der Waals surface area contributed by atoms with Gasteiger partial charge < -0.3 is 0 Å². The fourth-order valence-electron chi connectivity index (χ4n) is 4.54. The van der Waals surface area contributed by atoms with Crippen LogP contribution in [0.5, 0.6) is 0 Å². The molecule has 3 heteroatoms. The van der Waals surface area contributed by atoms with Crippen LogP contribution in [0.2, 0.25) is 0 Å². The Labute approximate surface area is 181 Å². The Bertz CT molecular complexity index is 1420. The van der Waals surface area contributed by atoms with E-state index in [0.29, 0.717) is 0 Å². The van der Waals surface area contributed by atoms with Gasteiger partial charge in [-0.1, -0.05) is 109 Å². The molecule has 1 nitrogen and oxygen atoms in total. The zero-order chi connectivity index (χ0) is 20.1. The molecule has 1 aromatic heterocycles. The molecule has 0 unspecified atom stereocenters. The summed E-state index contributed by atoms with van der Waals surface area (Å²) in [5.41, 5.74) is 4.72. The molecule has 0 N–H and O–H groups in total. The first-order chi connectivity index (χ1) is 14.8. The van der Waals surface area contributed by atoms with Crippen molar-refractivity contribution in [2.24, 2.45) is 0 Å². The fraction of sp³-hybridized carbons (Fsp3) is 0. The smallest absolute Gasteiger partial charge is 0.0780 e. The fourth-order valence-corrected chi connectivity index (χ4v) is 8.90. The predicted molar refractivity (Wildman–Crippen MR) is 132 cm³/mol. The summed E-state index contributed by atoms with van der Waals surface area (Å²) in [4.78, 5) is 4.68. The van der Waals surface area contributed by atoms with Crippen LogP contribution in [0.3, 0.4) is 0 Å². The maximum absolute atomic E-state index is 6.48. The van der Waals surface area contributed by atoms with E-state index in [-0.39, 0.29) is 0 Å². The monoisotopic (exact) mass is 419 g/mol. The van der Waals surface area contributed by atoms with Gasteiger partial charge in [0.25, 0.3) is 0 Å². The van der Waals surface area contributed by atoms with Crippen molar-refractivity contribution in [3.05, 3.63) is 109 Å². The van der Waals surface area contributed by atoms with Crippen molar-refractivity contribution in [1.29, 1.82) is 0 Å². The van der Waals surface area contributed by atoms with Gasteiger partial charge in [-0.05, 0) is 27.9 Å². The second-order valence-corrected chi connectivity index (χ2v) is 11.9. The molecule has 1 aliphatic heterocycles. The van der Waals surface area contributed by atoms with Crippen molar-refractivity contribution < 1.29 is 0 Å². The van der Waals surface area contributed by atoms with E-state index in [2.05, 4.69) is 108 Å². The summed E-state index contributed by atoms with van der Waals surface area (Å²) in [5, 5.41) is 6.22. The first kappa shape index (κ1) is 17.8. The topological polar surface area (TPSA) is 12.9 Å². The Kier molecular flexibility index (Phi) is 3.99. The standard InChI is InChI=1S/C27H18NPS/c30-29(25-11-5-3-9-23(25)24-10-4-6-12-26(24)29)21-15-13-20(14-16-21)27-22-8-2-1-7-19(22)17-18-28-27/h1-18H. The van der Waals surface area contributed by atoms with E-state index in [1.807, 2.05) is 6.20 Å². The van der Waals surface area contributed by atoms with Crippen molar-refractivity contribution in [3.8, 4) is 22.4 Å². The van der Waals surface area contributed by atoms with E-state index in [9.17, 15) is 0 Å². The highest BCUT2D eigenvalue weighted by Crippen LogP contribution is 2.52. The molecule has 0 spiro atoms. The lowest BCUT2D eigenvalue weighted by molar-refractivity contribution is 1.36. The van der Waals surface area contributed by atoms with Gasteiger partial charge in [-0.15, -0.1) is 0 Å². The minimum Gasteiger partial charge on any atom is -0.256 e. The van der Waals surface area contributed by atoms with E-state index in [0.717, 1.165) is 11.3 Å². The number of benzene rings is 4. The van der Waals surface area contributed by atoms with Crippen LogP contribution in [0.15, 0.2) is 109 Å². The molecule has 0 saturated carbocycles. The highest BCUT2D eigenvalue weighted by molar-refractivity contribution is 8.26. The zero-order valence-corrected chi connectivity index (χ0v) is 17.9.